The summed E-state index contributed by atoms with van der Waals surface area (Å²) in [4.78, 5) is 25.7. The maximum atomic E-state index is 11.9. The summed E-state index contributed by atoms with van der Waals surface area (Å²) in [6.07, 6.45) is 4.62. The lowest BCUT2D eigenvalue weighted by Gasteiger charge is -2.33. The van der Waals surface area contributed by atoms with Crippen molar-refractivity contribution in [2.24, 2.45) is 11.8 Å². The predicted octanol–water partition coefficient (Wildman–Crippen LogP) is 0.113. The van der Waals surface area contributed by atoms with Crippen molar-refractivity contribution >= 4 is 11.8 Å². The lowest BCUT2D eigenvalue weighted by Crippen LogP contribution is -2.49. The summed E-state index contributed by atoms with van der Waals surface area (Å²) >= 11 is 0. The van der Waals surface area contributed by atoms with Gasteiger partial charge in [0.15, 0.2) is 0 Å². The maximum Gasteiger partial charge on any atom is 0.225 e. The Morgan fingerprint density at radius 3 is 2.32 bits per heavy atom. The van der Waals surface area contributed by atoms with Gasteiger partial charge in [-0.2, -0.15) is 0 Å². The van der Waals surface area contributed by atoms with Crippen molar-refractivity contribution in [1.82, 2.24) is 15.5 Å². The van der Waals surface area contributed by atoms with Gasteiger partial charge in [-0.25, -0.2) is 0 Å². The molecule has 0 bridgehead atoms. The van der Waals surface area contributed by atoms with E-state index >= 15 is 0 Å². The van der Waals surface area contributed by atoms with Crippen molar-refractivity contribution in [3.8, 4) is 0 Å². The summed E-state index contributed by atoms with van der Waals surface area (Å²) in [7, 11) is 0. The van der Waals surface area contributed by atoms with Gasteiger partial charge in [0.2, 0.25) is 11.8 Å². The van der Waals surface area contributed by atoms with Crippen LogP contribution in [0.4, 0.5) is 0 Å². The molecule has 0 unspecified atom stereocenters. The Labute approximate surface area is 114 Å². The van der Waals surface area contributed by atoms with Crippen LogP contribution in [0.2, 0.25) is 0 Å². The number of piperidine rings is 1. The number of likely N-dealkylation sites (tertiary alicyclic amines) is 1. The van der Waals surface area contributed by atoms with Crippen LogP contribution in [0.3, 0.4) is 0 Å². The van der Waals surface area contributed by atoms with E-state index in [-0.39, 0.29) is 11.9 Å². The van der Waals surface area contributed by atoms with Crippen LogP contribution in [0.25, 0.3) is 0 Å². The highest BCUT2D eigenvalue weighted by molar-refractivity contribution is 5.81. The van der Waals surface area contributed by atoms with Gasteiger partial charge in [-0.3, -0.25) is 9.59 Å². The highest BCUT2D eigenvalue weighted by Gasteiger charge is 2.35. The van der Waals surface area contributed by atoms with Gasteiger partial charge in [0.25, 0.3) is 0 Å². The van der Waals surface area contributed by atoms with Gasteiger partial charge in [-0.05, 0) is 44.7 Å². The van der Waals surface area contributed by atoms with E-state index in [0.717, 1.165) is 51.9 Å². The number of nitrogens with zero attached hydrogens (tertiary/aromatic N) is 1. The molecule has 2 aliphatic heterocycles. The fourth-order valence-corrected chi connectivity index (χ4v) is 2.87. The third kappa shape index (κ3) is 3.26. The molecule has 3 aliphatic rings. The molecule has 5 nitrogen and oxygen atoms in total. The second kappa shape index (κ2) is 5.49. The fraction of sp³-hybridized carbons (Fsp3) is 0.857. The molecule has 0 aromatic carbocycles. The molecule has 2 amide bonds. The van der Waals surface area contributed by atoms with E-state index in [1.54, 1.807) is 0 Å². The molecular weight excluding hydrogens is 242 g/mol. The monoisotopic (exact) mass is 265 g/mol. The summed E-state index contributed by atoms with van der Waals surface area (Å²) in [6, 6.07) is 0.267. The molecule has 0 aromatic heterocycles. The molecule has 0 spiro atoms. The third-order valence-corrected chi connectivity index (χ3v) is 4.44. The van der Waals surface area contributed by atoms with Gasteiger partial charge in [0.05, 0.1) is 0 Å². The van der Waals surface area contributed by atoms with Crippen LogP contribution < -0.4 is 10.6 Å². The fourth-order valence-electron chi connectivity index (χ4n) is 2.87. The summed E-state index contributed by atoms with van der Waals surface area (Å²) in [5, 5.41) is 6.30. The quantitative estimate of drug-likeness (QED) is 0.758. The normalized spacial score (nSPS) is 24.9. The third-order valence-electron chi connectivity index (χ3n) is 4.44. The Morgan fingerprint density at radius 1 is 1.11 bits per heavy atom. The minimum atomic E-state index is 0.179. The van der Waals surface area contributed by atoms with Crippen molar-refractivity contribution in [1.29, 1.82) is 0 Å². The number of carbonyl (C=O) groups excluding carboxylic acids is 2. The average Bonchev–Trinajstić information content (AvgIpc) is 3.18. The molecule has 19 heavy (non-hydrogen) atoms. The van der Waals surface area contributed by atoms with Gasteiger partial charge in [0, 0.05) is 31.5 Å². The van der Waals surface area contributed by atoms with Crippen molar-refractivity contribution in [3.05, 3.63) is 0 Å². The predicted molar refractivity (Wildman–Crippen MR) is 71.4 cm³/mol. The zero-order valence-electron chi connectivity index (χ0n) is 11.4. The summed E-state index contributed by atoms with van der Waals surface area (Å²) in [5.74, 6) is 1.36. The van der Waals surface area contributed by atoms with Gasteiger partial charge in [0.1, 0.15) is 0 Å². The maximum absolute atomic E-state index is 11.9. The molecule has 2 heterocycles. The van der Waals surface area contributed by atoms with Crippen molar-refractivity contribution in [2.75, 3.05) is 26.2 Å². The Morgan fingerprint density at radius 2 is 1.79 bits per heavy atom. The number of amides is 2. The van der Waals surface area contributed by atoms with Crippen LogP contribution in [0.1, 0.15) is 32.1 Å². The van der Waals surface area contributed by atoms with Crippen LogP contribution >= 0.6 is 0 Å². The first-order chi connectivity index (χ1) is 9.22. The Balaban J connectivity index is 1.37. The highest BCUT2D eigenvalue weighted by atomic mass is 16.2. The Bertz CT molecular complexity index is 356. The van der Waals surface area contributed by atoms with Crippen LogP contribution in [-0.4, -0.2) is 48.9 Å². The van der Waals surface area contributed by atoms with E-state index in [2.05, 4.69) is 10.6 Å². The molecule has 0 radical (unpaired) electrons. The SMILES string of the molecule is O=C(CC1CNC1)NC1CCN(C(=O)C2CC2)CC1. The van der Waals surface area contributed by atoms with Crippen LogP contribution in [0.5, 0.6) is 0 Å². The summed E-state index contributed by atoms with van der Waals surface area (Å²) in [6.45, 7) is 3.57. The smallest absolute Gasteiger partial charge is 0.225 e. The van der Waals surface area contributed by atoms with Gasteiger partial charge >= 0.3 is 0 Å². The molecule has 3 rings (SSSR count). The summed E-state index contributed by atoms with van der Waals surface area (Å²) in [5.41, 5.74) is 0. The number of rotatable bonds is 4. The number of hydrogen-bond acceptors (Lipinski definition) is 3. The van der Waals surface area contributed by atoms with Crippen LogP contribution in [0, 0.1) is 11.8 Å². The van der Waals surface area contributed by atoms with E-state index in [1.165, 1.54) is 0 Å². The van der Waals surface area contributed by atoms with E-state index < -0.39 is 0 Å². The average molecular weight is 265 g/mol. The Hall–Kier alpha value is -1.10. The zero-order chi connectivity index (χ0) is 13.2. The highest BCUT2D eigenvalue weighted by Crippen LogP contribution is 2.31. The second-order valence-corrected chi connectivity index (χ2v) is 6.17. The van der Waals surface area contributed by atoms with Crippen LogP contribution in [-0.2, 0) is 9.59 Å². The molecule has 0 aromatic rings. The molecule has 106 valence electrons. The van der Waals surface area contributed by atoms with Crippen molar-refractivity contribution < 1.29 is 9.59 Å². The Kier molecular flexibility index (Phi) is 3.73. The number of hydrogen-bond donors (Lipinski definition) is 2. The minimum absolute atomic E-state index is 0.179. The second-order valence-electron chi connectivity index (χ2n) is 6.17. The van der Waals surface area contributed by atoms with E-state index in [1.807, 2.05) is 4.90 Å². The van der Waals surface area contributed by atoms with Crippen molar-refractivity contribution in [2.45, 2.75) is 38.1 Å². The molecule has 1 saturated carbocycles. The lowest BCUT2D eigenvalue weighted by atomic mass is 9.98. The molecule has 2 saturated heterocycles. The zero-order valence-corrected chi connectivity index (χ0v) is 11.4. The first-order valence-corrected chi connectivity index (χ1v) is 7.51. The number of carbonyl (C=O) groups is 2. The van der Waals surface area contributed by atoms with E-state index in [9.17, 15) is 9.59 Å². The standard InChI is InChI=1S/C14H23N3O2/c18-13(7-10-8-15-9-10)16-12-3-5-17(6-4-12)14(19)11-1-2-11/h10-12,15H,1-9H2,(H,16,18). The van der Waals surface area contributed by atoms with Gasteiger partial charge in [-0.15, -0.1) is 0 Å². The van der Waals surface area contributed by atoms with Gasteiger partial charge in [-0.1, -0.05) is 0 Å². The molecule has 5 heteroatoms. The summed E-state index contributed by atoms with van der Waals surface area (Å²) < 4.78 is 0. The molecular formula is C14H23N3O2. The molecule has 3 fully saturated rings. The topological polar surface area (TPSA) is 61.4 Å². The van der Waals surface area contributed by atoms with Crippen molar-refractivity contribution in [3.63, 3.8) is 0 Å². The lowest BCUT2D eigenvalue weighted by molar-refractivity contribution is -0.133. The van der Waals surface area contributed by atoms with E-state index in [0.29, 0.717) is 24.2 Å². The molecule has 2 N–H and O–H groups in total. The first kappa shape index (κ1) is 12.9. The molecule has 1 aliphatic carbocycles. The van der Waals surface area contributed by atoms with Gasteiger partial charge < -0.3 is 15.5 Å². The number of nitrogens with one attached hydrogen (secondary N) is 2. The molecule has 0 atom stereocenters. The minimum Gasteiger partial charge on any atom is -0.353 e. The van der Waals surface area contributed by atoms with E-state index in [4.69, 9.17) is 0 Å². The van der Waals surface area contributed by atoms with Crippen LogP contribution in [0.15, 0.2) is 0 Å². The largest absolute Gasteiger partial charge is 0.353 e. The first-order valence-electron chi connectivity index (χ1n) is 7.51.